The standard InChI is InChI=1S/C15H23N3S2.O.Tc/c19-8-6-16-14-11-18(12-15(14)17-7-9-20)10-13-4-2-1-3-5-13;;/h1-5,14-15,19-20H,6-12H2;;/q-2;;+4/p-2/t14-,15-;;/m1../s1/i;;1+1. The summed E-state index contributed by atoms with van der Waals surface area (Å²) < 4.78 is 8.22. The van der Waals surface area contributed by atoms with Gasteiger partial charge in [0, 0.05) is 6.54 Å². The van der Waals surface area contributed by atoms with Gasteiger partial charge in [0.15, 0.2) is 0 Å². The van der Waals surface area contributed by atoms with Crippen molar-refractivity contribution in [3.63, 3.8) is 0 Å². The molecule has 0 aliphatic carbocycles. The summed E-state index contributed by atoms with van der Waals surface area (Å²) in [5.41, 5.74) is 1.35. The Hall–Kier alpha value is 0.249. The average molecular weight is 422 g/mol. The van der Waals surface area contributed by atoms with Crippen LogP contribution in [-0.4, -0.2) is 54.7 Å². The molecule has 1 saturated heterocycles. The van der Waals surface area contributed by atoms with E-state index in [1.807, 2.05) is 0 Å². The molecule has 4 nitrogen and oxygen atoms in total. The molecule has 121 valence electrons. The van der Waals surface area contributed by atoms with Crippen LogP contribution < -0.4 is 0 Å². The van der Waals surface area contributed by atoms with Crippen LogP contribution in [0.1, 0.15) is 5.56 Å². The van der Waals surface area contributed by atoms with Gasteiger partial charge in [0.25, 0.3) is 0 Å². The minimum atomic E-state index is 0.295. The van der Waals surface area contributed by atoms with Gasteiger partial charge in [-0.2, -0.15) is 24.6 Å². The molecular formula is C15H21N3OS2Tc. The third kappa shape index (κ3) is 7.21. The van der Waals surface area contributed by atoms with Crippen LogP contribution in [0.5, 0.6) is 0 Å². The molecule has 1 heterocycles. The van der Waals surface area contributed by atoms with Crippen LogP contribution in [0.4, 0.5) is 0 Å². The summed E-state index contributed by atoms with van der Waals surface area (Å²) in [7, 11) is 0. The molecule has 1 fully saturated rings. The summed E-state index contributed by atoms with van der Waals surface area (Å²) >= 11 is 10.9. The van der Waals surface area contributed by atoms with Crippen molar-refractivity contribution in [3.05, 3.63) is 46.5 Å². The van der Waals surface area contributed by atoms with Crippen LogP contribution in [0.15, 0.2) is 30.3 Å². The fraction of sp³-hybridized carbons (Fsp3) is 0.600. The molecule has 0 amide bonds. The Labute approximate surface area is 155 Å². The normalized spacial score (nSPS) is 21.5. The van der Waals surface area contributed by atoms with Gasteiger partial charge in [0.1, 0.15) is 0 Å². The summed E-state index contributed by atoms with van der Waals surface area (Å²) in [6.07, 6.45) is 0. The minimum Gasteiger partial charge on any atom is -0.794 e. The van der Waals surface area contributed by atoms with Crippen LogP contribution in [0.25, 0.3) is 10.6 Å². The summed E-state index contributed by atoms with van der Waals surface area (Å²) in [4.78, 5) is 2.43. The number of hydrogen-bond donors (Lipinski definition) is 0. The molecule has 0 N–H and O–H groups in total. The van der Waals surface area contributed by atoms with E-state index in [0.717, 1.165) is 51.6 Å². The first kappa shape index (κ1) is 20.3. The second kappa shape index (κ2) is 12.6. The fourth-order valence-electron chi connectivity index (χ4n) is 2.61. The first-order valence-electron chi connectivity index (χ1n) is 7.24. The Kier molecular flexibility index (Phi) is 11.7. The van der Waals surface area contributed by atoms with Crippen molar-refractivity contribution >= 4 is 25.3 Å². The zero-order chi connectivity index (χ0) is 16.2. The van der Waals surface area contributed by atoms with Crippen LogP contribution in [-0.2, 0) is 54.2 Å². The SMILES string of the molecule is [O]=[99Tc+4].[S-]CC[N-][C@@H]1CN(Cc2ccccc2)C[C@H]1[N-]CC[S-]. The summed E-state index contributed by atoms with van der Waals surface area (Å²) in [6, 6.07) is 11.2. The van der Waals surface area contributed by atoms with Crippen molar-refractivity contribution in [1.29, 1.82) is 0 Å². The molecule has 1 aromatic carbocycles. The Morgan fingerprint density at radius 2 is 1.50 bits per heavy atom. The molecule has 7 heteroatoms. The maximum Gasteiger partial charge on any atom is 0.0232 e. The van der Waals surface area contributed by atoms with Gasteiger partial charge < -0.3 is 40.8 Å². The zero-order valence-corrected chi connectivity index (χ0v) is 15.9. The Morgan fingerprint density at radius 3 is 1.95 bits per heavy atom. The van der Waals surface area contributed by atoms with E-state index in [1.54, 1.807) is 0 Å². The molecule has 1 aliphatic heterocycles. The second-order valence-electron chi connectivity index (χ2n) is 5.03. The fourth-order valence-corrected chi connectivity index (χ4v) is 2.82. The number of hydrogen-bond acceptors (Lipinski definition) is 4. The van der Waals surface area contributed by atoms with E-state index in [1.165, 1.54) is 5.56 Å². The van der Waals surface area contributed by atoms with Crippen molar-refractivity contribution in [3.8, 4) is 0 Å². The van der Waals surface area contributed by atoms with Crippen LogP contribution >= 0.6 is 0 Å². The predicted octanol–water partition coefficient (Wildman–Crippen LogP) is 1.96. The third-order valence-corrected chi connectivity index (χ3v) is 3.86. The quantitative estimate of drug-likeness (QED) is 0.601. The molecule has 0 aromatic heterocycles. The van der Waals surface area contributed by atoms with E-state index in [0.29, 0.717) is 23.6 Å². The van der Waals surface area contributed by atoms with Crippen molar-refractivity contribution in [2.45, 2.75) is 18.6 Å². The van der Waals surface area contributed by atoms with Gasteiger partial charge in [0.2, 0.25) is 0 Å². The smallest absolute Gasteiger partial charge is 0.0232 e. The van der Waals surface area contributed by atoms with Crippen LogP contribution in [0.2, 0.25) is 0 Å². The van der Waals surface area contributed by atoms with Gasteiger partial charge in [-0.15, -0.1) is 12.1 Å². The van der Waals surface area contributed by atoms with Crippen molar-refractivity contribution in [2.75, 3.05) is 37.7 Å². The van der Waals surface area contributed by atoms with E-state index >= 15 is 0 Å². The molecule has 1 aromatic rings. The van der Waals surface area contributed by atoms with Gasteiger partial charge in [-0.05, 0) is 18.7 Å². The summed E-state index contributed by atoms with van der Waals surface area (Å²) in [5, 5.41) is 9.39. The van der Waals surface area contributed by atoms with Gasteiger partial charge in [-0.1, -0.05) is 30.3 Å². The Balaban J connectivity index is 0.00000116. The van der Waals surface area contributed by atoms with Gasteiger partial charge >= 0.3 is 22.4 Å². The first-order valence-corrected chi connectivity index (χ1v) is 9.16. The van der Waals surface area contributed by atoms with E-state index in [-0.39, 0.29) is 0 Å². The molecule has 0 spiro atoms. The number of nitrogens with zero attached hydrogens (tertiary/aromatic N) is 3. The molecule has 0 saturated carbocycles. The van der Waals surface area contributed by atoms with Gasteiger partial charge in [-0.25, -0.2) is 0 Å². The van der Waals surface area contributed by atoms with E-state index in [2.05, 4.69) is 35.2 Å². The largest absolute Gasteiger partial charge is 0.794 e. The van der Waals surface area contributed by atoms with E-state index < -0.39 is 0 Å². The monoisotopic (exact) mass is 422 g/mol. The molecule has 0 unspecified atom stereocenters. The van der Waals surface area contributed by atoms with Crippen LogP contribution in [0, 0.1) is 0 Å². The third-order valence-electron chi connectivity index (χ3n) is 3.49. The Bertz CT molecular complexity index is 384. The molecule has 22 heavy (non-hydrogen) atoms. The van der Waals surface area contributed by atoms with Crippen molar-refractivity contribution in [1.82, 2.24) is 4.90 Å². The summed E-state index contributed by atoms with van der Waals surface area (Å²) in [6.45, 7) is 4.46. The maximum atomic E-state index is 8.22. The number of rotatable bonds is 8. The van der Waals surface area contributed by atoms with Crippen molar-refractivity contribution in [2.24, 2.45) is 0 Å². The van der Waals surface area contributed by atoms with Gasteiger partial charge in [-0.3, -0.25) is 0 Å². The topological polar surface area (TPSA) is 48.5 Å². The number of benzene rings is 1. The minimum absolute atomic E-state index is 0.295. The molecule has 0 bridgehead atoms. The second-order valence-corrected chi connectivity index (χ2v) is 5.85. The summed E-state index contributed by atoms with van der Waals surface area (Å²) in [5.74, 6) is 1.39. The first-order chi connectivity index (χ1) is 10.8. The molecule has 0 radical (unpaired) electrons. The molecular weight excluding hydrogens is 401 g/mol. The van der Waals surface area contributed by atoms with E-state index in [4.69, 9.17) is 39.4 Å². The van der Waals surface area contributed by atoms with E-state index in [9.17, 15) is 0 Å². The van der Waals surface area contributed by atoms with Gasteiger partial charge in [0.05, 0.1) is 0 Å². The number of likely N-dealkylation sites (tertiary alicyclic amines) is 1. The van der Waals surface area contributed by atoms with Crippen LogP contribution in [0.3, 0.4) is 0 Å². The molecule has 2 atom stereocenters. The predicted molar refractivity (Wildman–Crippen MR) is 90.9 cm³/mol. The Morgan fingerprint density at radius 1 is 1.00 bits per heavy atom. The average Bonchev–Trinajstić information content (AvgIpc) is 2.95. The zero-order valence-electron chi connectivity index (χ0n) is 12.4. The molecule has 2 rings (SSSR count). The van der Waals surface area contributed by atoms with Crippen molar-refractivity contribution < 1.29 is 22.4 Å². The maximum absolute atomic E-state index is 8.22. The molecule has 1 aliphatic rings.